The SMILES string of the molecule is CS(=O)(=O)CC(=O)CCCCCC[C@@H]1[C@@H](CCC(O)C=Nc2cccs2)[C@H](O)C[C@@H]1O. The Balaban J connectivity index is 1.68. The molecule has 0 bridgehead atoms. The maximum Gasteiger partial charge on any atom is 0.154 e. The molecule has 2 rings (SSSR count). The number of unbranched alkanes of at least 4 members (excludes halogenated alkanes) is 3. The van der Waals surface area contributed by atoms with Crippen LogP contribution in [0.3, 0.4) is 0 Å². The summed E-state index contributed by atoms with van der Waals surface area (Å²) < 4.78 is 22.2. The van der Waals surface area contributed by atoms with Crippen molar-refractivity contribution >= 4 is 38.2 Å². The number of nitrogens with zero attached hydrogens (tertiary/aromatic N) is 1. The second-order valence-corrected chi connectivity index (χ2v) is 11.7. The van der Waals surface area contributed by atoms with Gasteiger partial charge in [0.1, 0.15) is 16.5 Å². The number of hydrogen-bond donors (Lipinski definition) is 3. The summed E-state index contributed by atoms with van der Waals surface area (Å²) >= 11 is 1.50. The van der Waals surface area contributed by atoms with Crippen molar-refractivity contribution in [3.8, 4) is 0 Å². The maximum atomic E-state index is 11.6. The molecule has 1 unspecified atom stereocenters. The molecule has 0 spiro atoms. The van der Waals surface area contributed by atoms with E-state index < -0.39 is 28.1 Å². The third-order valence-corrected chi connectivity index (χ3v) is 7.49. The summed E-state index contributed by atoms with van der Waals surface area (Å²) in [5, 5.41) is 33.7. The number of rotatable bonds is 14. The first-order chi connectivity index (χ1) is 14.7. The van der Waals surface area contributed by atoms with E-state index in [1.165, 1.54) is 17.6 Å². The van der Waals surface area contributed by atoms with Crippen molar-refractivity contribution in [1.29, 1.82) is 0 Å². The Morgan fingerprint density at radius 1 is 1.19 bits per heavy atom. The summed E-state index contributed by atoms with van der Waals surface area (Å²) in [4.78, 5) is 15.8. The first kappa shape index (κ1) is 26.1. The minimum absolute atomic E-state index is 0.00306. The number of carbonyl (C=O) groups excluding carboxylic acids is 1. The van der Waals surface area contributed by atoms with Gasteiger partial charge in [0.25, 0.3) is 0 Å². The smallest absolute Gasteiger partial charge is 0.154 e. The minimum Gasteiger partial charge on any atom is -0.393 e. The predicted octanol–water partition coefficient (Wildman–Crippen LogP) is 2.90. The van der Waals surface area contributed by atoms with E-state index in [9.17, 15) is 28.5 Å². The van der Waals surface area contributed by atoms with E-state index in [-0.39, 0.29) is 29.8 Å². The van der Waals surface area contributed by atoms with Crippen molar-refractivity contribution < 1.29 is 28.5 Å². The summed E-state index contributed by atoms with van der Waals surface area (Å²) in [5.41, 5.74) is 0. The molecule has 0 amide bonds. The van der Waals surface area contributed by atoms with Crippen molar-refractivity contribution in [2.24, 2.45) is 16.8 Å². The summed E-state index contributed by atoms with van der Waals surface area (Å²) in [7, 11) is -3.25. The highest BCUT2D eigenvalue weighted by atomic mass is 32.2. The second-order valence-electron chi connectivity index (χ2n) is 8.63. The van der Waals surface area contributed by atoms with Gasteiger partial charge in [-0.15, -0.1) is 11.3 Å². The highest BCUT2D eigenvalue weighted by Gasteiger charge is 2.40. The number of Topliss-reactive ketones (excluding diaryl/α,β-unsaturated/α-hetero) is 1. The summed E-state index contributed by atoms with van der Waals surface area (Å²) in [6.07, 6.45) is 6.67. The van der Waals surface area contributed by atoms with Crippen LogP contribution in [0.5, 0.6) is 0 Å². The Kier molecular flexibility index (Phi) is 10.8. The lowest BCUT2D eigenvalue weighted by Gasteiger charge is -2.24. The van der Waals surface area contributed by atoms with E-state index in [0.717, 1.165) is 36.9 Å². The number of aliphatic hydroxyl groups excluding tert-OH is 3. The van der Waals surface area contributed by atoms with Crippen molar-refractivity contribution in [1.82, 2.24) is 0 Å². The van der Waals surface area contributed by atoms with Gasteiger partial charge in [0, 0.05) is 18.9 Å². The Hall–Kier alpha value is -1.13. The van der Waals surface area contributed by atoms with Gasteiger partial charge in [0.05, 0.1) is 18.3 Å². The van der Waals surface area contributed by atoms with E-state index in [0.29, 0.717) is 25.7 Å². The molecule has 0 radical (unpaired) electrons. The number of ketones is 1. The average Bonchev–Trinajstić information content (AvgIpc) is 3.27. The lowest BCUT2D eigenvalue weighted by atomic mass is 9.85. The monoisotopic (exact) mass is 473 g/mol. The van der Waals surface area contributed by atoms with Crippen LogP contribution in [0.4, 0.5) is 5.00 Å². The van der Waals surface area contributed by atoms with Gasteiger partial charge in [0.2, 0.25) is 0 Å². The Labute approximate surface area is 189 Å². The van der Waals surface area contributed by atoms with Crippen LogP contribution in [-0.2, 0) is 14.6 Å². The summed E-state index contributed by atoms with van der Waals surface area (Å²) in [5.74, 6) is -0.664. The van der Waals surface area contributed by atoms with Gasteiger partial charge in [-0.05, 0) is 61.5 Å². The summed E-state index contributed by atoms with van der Waals surface area (Å²) in [6.45, 7) is 0. The fourth-order valence-corrected chi connectivity index (χ4v) is 5.65. The second kappa shape index (κ2) is 12.8. The zero-order valence-corrected chi connectivity index (χ0v) is 19.7. The number of carbonyl (C=O) groups is 1. The van der Waals surface area contributed by atoms with Crippen LogP contribution in [0.1, 0.15) is 57.8 Å². The fourth-order valence-electron chi connectivity index (χ4n) is 4.34. The minimum atomic E-state index is -3.25. The Morgan fingerprint density at radius 3 is 2.52 bits per heavy atom. The highest BCUT2D eigenvalue weighted by molar-refractivity contribution is 7.91. The molecule has 0 aromatic carbocycles. The lowest BCUT2D eigenvalue weighted by Crippen LogP contribution is -2.24. The lowest BCUT2D eigenvalue weighted by molar-refractivity contribution is -0.116. The molecule has 1 fully saturated rings. The molecule has 5 atom stereocenters. The first-order valence-electron chi connectivity index (χ1n) is 11.0. The van der Waals surface area contributed by atoms with E-state index in [1.54, 1.807) is 0 Å². The zero-order valence-electron chi connectivity index (χ0n) is 18.1. The number of aliphatic hydroxyl groups is 3. The Bertz CT molecular complexity index is 793. The van der Waals surface area contributed by atoms with Gasteiger partial charge in [-0.1, -0.05) is 19.3 Å². The van der Waals surface area contributed by atoms with Gasteiger partial charge < -0.3 is 15.3 Å². The zero-order chi connectivity index (χ0) is 22.9. The summed E-state index contributed by atoms with van der Waals surface area (Å²) in [6, 6.07) is 3.78. The first-order valence-corrected chi connectivity index (χ1v) is 13.9. The largest absolute Gasteiger partial charge is 0.393 e. The Morgan fingerprint density at radius 2 is 1.87 bits per heavy atom. The number of sulfone groups is 1. The van der Waals surface area contributed by atoms with Gasteiger partial charge in [0.15, 0.2) is 9.84 Å². The molecule has 1 aliphatic rings. The molecule has 0 aliphatic heterocycles. The van der Waals surface area contributed by atoms with Crippen LogP contribution in [0, 0.1) is 11.8 Å². The molecular weight excluding hydrogens is 438 g/mol. The van der Waals surface area contributed by atoms with Gasteiger partial charge >= 0.3 is 0 Å². The molecule has 1 saturated carbocycles. The molecule has 31 heavy (non-hydrogen) atoms. The van der Waals surface area contributed by atoms with Crippen molar-refractivity contribution in [3.63, 3.8) is 0 Å². The number of thiophene rings is 1. The molecule has 1 heterocycles. The standard InChI is InChI=1S/C22H35NO6S2/c1-31(28,29)15-17(25)7-4-2-3-5-8-18-19(21(27)13-20(18)26)11-10-16(24)14-23-22-9-6-12-30-22/h6,9,12,14,16,18-21,24,26-27H,2-5,7-8,10-11,13,15H2,1H3/t16?,18-,19-,20+,21-/m1/s1. The average molecular weight is 474 g/mol. The fraction of sp³-hybridized carbons (Fsp3) is 0.727. The molecule has 176 valence electrons. The topological polar surface area (TPSA) is 124 Å². The van der Waals surface area contributed by atoms with Gasteiger partial charge in [-0.2, -0.15) is 0 Å². The quantitative estimate of drug-likeness (QED) is 0.282. The molecular formula is C22H35NO6S2. The highest BCUT2D eigenvalue weighted by Crippen LogP contribution is 2.39. The third-order valence-electron chi connectivity index (χ3n) is 5.86. The van der Waals surface area contributed by atoms with E-state index in [4.69, 9.17) is 0 Å². The molecule has 3 N–H and O–H groups in total. The van der Waals surface area contributed by atoms with E-state index in [2.05, 4.69) is 4.99 Å². The van der Waals surface area contributed by atoms with Crippen LogP contribution in [0.2, 0.25) is 0 Å². The normalized spacial score (nSPS) is 25.3. The van der Waals surface area contributed by atoms with Crippen molar-refractivity contribution in [3.05, 3.63) is 17.5 Å². The van der Waals surface area contributed by atoms with Crippen LogP contribution >= 0.6 is 11.3 Å². The van der Waals surface area contributed by atoms with Crippen LogP contribution in [0.25, 0.3) is 0 Å². The number of hydrogen-bond acceptors (Lipinski definition) is 8. The van der Waals surface area contributed by atoms with Crippen molar-refractivity contribution in [2.45, 2.75) is 76.1 Å². The van der Waals surface area contributed by atoms with Crippen LogP contribution in [-0.4, -0.2) is 66.1 Å². The van der Waals surface area contributed by atoms with E-state index >= 15 is 0 Å². The maximum absolute atomic E-state index is 11.6. The molecule has 7 nitrogen and oxygen atoms in total. The number of aliphatic imine (C=N–C) groups is 1. The van der Waals surface area contributed by atoms with Crippen LogP contribution in [0.15, 0.2) is 22.5 Å². The van der Waals surface area contributed by atoms with Gasteiger partial charge in [-0.25, -0.2) is 13.4 Å². The molecule has 0 saturated heterocycles. The third kappa shape index (κ3) is 9.91. The van der Waals surface area contributed by atoms with Crippen LogP contribution < -0.4 is 0 Å². The van der Waals surface area contributed by atoms with Crippen molar-refractivity contribution in [2.75, 3.05) is 12.0 Å². The molecule has 9 heteroatoms. The van der Waals surface area contributed by atoms with Gasteiger partial charge in [-0.3, -0.25) is 4.79 Å². The molecule has 1 aromatic rings. The molecule has 1 aliphatic carbocycles. The molecule has 1 aromatic heterocycles. The van der Waals surface area contributed by atoms with E-state index in [1.807, 2.05) is 17.5 Å². The predicted molar refractivity (Wildman–Crippen MR) is 124 cm³/mol.